The smallest absolute Gasteiger partial charge is 0.322 e. The Morgan fingerprint density at radius 3 is 2.40 bits per heavy atom. The van der Waals surface area contributed by atoms with Crippen LogP contribution in [0.5, 0.6) is 0 Å². The second kappa shape index (κ2) is 9.83. The molecule has 3 amide bonds. The van der Waals surface area contributed by atoms with Crippen LogP contribution in [-0.4, -0.2) is 45.4 Å². The van der Waals surface area contributed by atoms with Crippen molar-refractivity contribution in [1.29, 1.82) is 0 Å². The van der Waals surface area contributed by atoms with Gasteiger partial charge in [-0.25, -0.2) is 4.79 Å². The topological polar surface area (TPSA) is 57.6 Å². The van der Waals surface area contributed by atoms with Crippen LogP contribution in [0.2, 0.25) is 0 Å². The summed E-state index contributed by atoms with van der Waals surface area (Å²) in [7, 11) is 1.99. The Balaban J connectivity index is 1.67. The second-order valence-corrected chi connectivity index (χ2v) is 8.62. The van der Waals surface area contributed by atoms with Gasteiger partial charge in [-0.3, -0.25) is 4.79 Å². The van der Waals surface area contributed by atoms with Gasteiger partial charge < -0.3 is 19.7 Å². The van der Waals surface area contributed by atoms with E-state index in [0.717, 1.165) is 30.6 Å². The van der Waals surface area contributed by atoms with Gasteiger partial charge >= 0.3 is 6.03 Å². The minimum atomic E-state index is -0.196. The standard InChI is InChI=1S/C24H34N4O2/c1-5-19-8-10-20(11-9-19)25-24(30)28(21-12-13-21)17-23(29)27(15-18(2)3)16-22-7-6-14-26(22)4/h6-11,14,18,21H,5,12-13,15-17H2,1-4H3,(H,25,30). The molecule has 1 aromatic heterocycles. The van der Waals surface area contributed by atoms with Crippen molar-refractivity contribution in [2.24, 2.45) is 13.0 Å². The highest BCUT2D eigenvalue weighted by Gasteiger charge is 2.35. The highest BCUT2D eigenvalue weighted by molar-refractivity contribution is 5.92. The number of amides is 3. The van der Waals surface area contributed by atoms with Gasteiger partial charge in [-0.2, -0.15) is 0 Å². The lowest BCUT2D eigenvalue weighted by molar-refractivity contribution is -0.133. The molecule has 0 aliphatic heterocycles. The number of carbonyl (C=O) groups is 2. The molecular weight excluding hydrogens is 376 g/mol. The van der Waals surface area contributed by atoms with E-state index in [2.05, 4.69) is 26.1 Å². The fraction of sp³-hybridized carbons (Fsp3) is 0.500. The third kappa shape index (κ3) is 5.88. The first-order chi connectivity index (χ1) is 14.4. The maximum atomic E-state index is 13.2. The van der Waals surface area contributed by atoms with Crippen molar-refractivity contribution in [3.8, 4) is 0 Å². The van der Waals surface area contributed by atoms with Crippen LogP contribution in [0.15, 0.2) is 42.6 Å². The highest BCUT2D eigenvalue weighted by Crippen LogP contribution is 2.28. The summed E-state index contributed by atoms with van der Waals surface area (Å²) in [6.07, 6.45) is 4.86. The summed E-state index contributed by atoms with van der Waals surface area (Å²) >= 11 is 0. The highest BCUT2D eigenvalue weighted by atomic mass is 16.2. The Kier molecular flexibility index (Phi) is 7.19. The van der Waals surface area contributed by atoms with Gasteiger partial charge in [0.05, 0.1) is 6.54 Å². The molecule has 1 heterocycles. The SMILES string of the molecule is CCc1ccc(NC(=O)N(CC(=O)N(Cc2cccn2C)CC(C)C)C2CC2)cc1. The molecule has 1 N–H and O–H groups in total. The van der Waals surface area contributed by atoms with Gasteiger partial charge in [-0.05, 0) is 55.0 Å². The van der Waals surface area contributed by atoms with Crippen LogP contribution in [0.25, 0.3) is 0 Å². The van der Waals surface area contributed by atoms with Crippen molar-refractivity contribution in [1.82, 2.24) is 14.4 Å². The minimum absolute atomic E-state index is 0.00622. The van der Waals surface area contributed by atoms with E-state index in [9.17, 15) is 9.59 Å². The number of anilines is 1. The molecule has 1 aromatic carbocycles. The number of benzene rings is 1. The van der Waals surface area contributed by atoms with Crippen LogP contribution in [0, 0.1) is 5.92 Å². The van der Waals surface area contributed by atoms with E-state index < -0.39 is 0 Å². The summed E-state index contributed by atoms with van der Waals surface area (Å²) in [4.78, 5) is 29.7. The van der Waals surface area contributed by atoms with Gasteiger partial charge in [0.15, 0.2) is 0 Å². The van der Waals surface area contributed by atoms with Gasteiger partial charge in [0.1, 0.15) is 6.54 Å². The average molecular weight is 411 g/mol. The lowest BCUT2D eigenvalue weighted by Crippen LogP contribution is -2.46. The Hall–Kier alpha value is -2.76. The molecule has 30 heavy (non-hydrogen) atoms. The molecule has 0 atom stereocenters. The first kappa shape index (κ1) is 21.9. The number of nitrogens with zero attached hydrogens (tertiary/aromatic N) is 3. The molecule has 0 unspecified atom stereocenters. The lowest BCUT2D eigenvalue weighted by atomic mass is 10.1. The summed E-state index contributed by atoms with van der Waals surface area (Å²) in [6, 6.07) is 11.9. The molecular formula is C24H34N4O2. The molecule has 1 aliphatic carbocycles. The quantitative estimate of drug-likeness (QED) is 0.671. The number of aryl methyl sites for hydroxylation is 2. The number of hydrogen-bond donors (Lipinski definition) is 1. The molecule has 0 radical (unpaired) electrons. The van der Waals surface area contributed by atoms with E-state index >= 15 is 0 Å². The Labute approximate surface area is 179 Å². The first-order valence-electron chi connectivity index (χ1n) is 10.9. The lowest BCUT2D eigenvalue weighted by Gasteiger charge is -2.29. The van der Waals surface area contributed by atoms with Gasteiger partial charge in [0, 0.05) is 37.2 Å². The molecule has 1 fully saturated rings. The van der Waals surface area contributed by atoms with E-state index in [1.807, 2.05) is 59.1 Å². The average Bonchev–Trinajstić information content (AvgIpc) is 3.48. The predicted molar refractivity (Wildman–Crippen MR) is 120 cm³/mol. The van der Waals surface area contributed by atoms with Crippen molar-refractivity contribution >= 4 is 17.6 Å². The zero-order valence-electron chi connectivity index (χ0n) is 18.6. The van der Waals surface area contributed by atoms with Gasteiger partial charge in [-0.1, -0.05) is 32.9 Å². The summed E-state index contributed by atoms with van der Waals surface area (Å²) in [6.45, 7) is 7.65. The maximum absolute atomic E-state index is 13.2. The largest absolute Gasteiger partial charge is 0.353 e. The normalized spacial score (nSPS) is 13.4. The van der Waals surface area contributed by atoms with E-state index in [-0.39, 0.29) is 24.5 Å². The molecule has 2 aromatic rings. The Bertz CT molecular complexity index is 852. The van der Waals surface area contributed by atoms with Crippen LogP contribution in [-0.2, 0) is 24.8 Å². The molecule has 6 nitrogen and oxygen atoms in total. The van der Waals surface area contributed by atoms with Crippen molar-refractivity contribution in [3.63, 3.8) is 0 Å². The van der Waals surface area contributed by atoms with Crippen LogP contribution in [0.4, 0.5) is 10.5 Å². The molecule has 0 bridgehead atoms. The molecule has 162 valence electrons. The molecule has 3 rings (SSSR count). The fourth-order valence-electron chi connectivity index (χ4n) is 3.57. The third-order valence-electron chi connectivity index (χ3n) is 5.51. The monoisotopic (exact) mass is 410 g/mol. The van der Waals surface area contributed by atoms with Gasteiger partial charge in [0.25, 0.3) is 0 Å². The molecule has 0 saturated heterocycles. The van der Waals surface area contributed by atoms with Crippen molar-refractivity contribution in [3.05, 3.63) is 53.9 Å². The van der Waals surface area contributed by atoms with E-state index in [0.29, 0.717) is 19.0 Å². The third-order valence-corrected chi connectivity index (χ3v) is 5.51. The van der Waals surface area contributed by atoms with Crippen LogP contribution in [0.1, 0.15) is 44.9 Å². The van der Waals surface area contributed by atoms with E-state index in [4.69, 9.17) is 0 Å². The van der Waals surface area contributed by atoms with Crippen molar-refractivity contribution in [2.45, 2.75) is 52.6 Å². The molecule has 1 saturated carbocycles. The molecule has 0 spiro atoms. The van der Waals surface area contributed by atoms with Crippen LogP contribution < -0.4 is 5.32 Å². The van der Waals surface area contributed by atoms with E-state index in [1.165, 1.54) is 5.56 Å². The molecule has 1 aliphatic rings. The second-order valence-electron chi connectivity index (χ2n) is 8.62. The van der Waals surface area contributed by atoms with Gasteiger partial charge in [-0.15, -0.1) is 0 Å². The van der Waals surface area contributed by atoms with Crippen LogP contribution in [0.3, 0.4) is 0 Å². The number of urea groups is 1. The number of hydrogen-bond acceptors (Lipinski definition) is 2. The van der Waals surface area contributed by atoms with Crippen molar-refractivity contribution in [2.75, 3.05) is 18.4 Å². The Morgan fingerprint density at radius 2 is 1.87 bits per heavy atom. The number of aromatic nitrogens is 1. The zero-order chi connectivity index (χ0) is 21.7. The number of rotatable bonds is 9. The summed E-state index contributed by atoms with van der Waals surface area (Å²) in [5.41, 5.74) is 3.08. The summed E-state index contributed by atoms with van der Waals surface area (Å²) < 4.78 is 2.03. The predicted octanol–water partition coefficient (Wildman–Crippen LogP) is 4.27. The number of nitrogens with one attached hydrogen (secondary N) is 1. The molecule has 6 heteroatoms. The van der Waals surface area contributed by atoms with E-state index in [1.54, 1.807) is 4.90 Å². The maximum Gasteiger partial charge on any atom is 0.322 e. The zero-order valence-corrected chi connectivity index (χ0v) is 18.6. The number of carbonyl (C=O) groups excluding carboxylic acids is 2. The minimum Gasteiger partial charge on any atom is -0.353 e. The van der Waals surface area contributed by atoms with Gasteiger partial charge in [0.2, 0.25) is 5.91 Å². The Morgan fingerprint density at radius 1 is 1.17 bits per heavy atom. The summed E-state index contributed by atoms with van der Waals surface area (Å²) in [5, 5.41) is 2.97. The van der Waals surface area contributed by atoms with Crippen LogP contribution >= 0.6 is 0 Å². The van der Waals surface area contributed by atoms with Crippen molar-refractivity contribution < 1.29 is 9.59 Å². The summed E-state index contributed by atoms with van der Waals surface area (Å²) in [5.74, 6) is 0.350. The first-order valence-corrected chi connectivity index (χ1v) is 10.9. The fourth-order valence-corrected chi connectivity index (χ4v) is 3.57.